The number of rotatable bonds is 6. The van der Waals surface area contributed by atoms with Crippen LogP contribution in [0.25, 0.3) is 0 Å². The Kier molecular flexibility index (Phi) is 5.73. The van der Waals surface area contributed by atoms with Crippen LogP contribution in [0.4, 0.5) is 0 Å². The second kappa shape index (κ2) is 6.58. The van der Waals surface area contributed by atoms with Crippen LogP contribution in [-0.4, -0.2) is 43.8 Å². The second-order valence-electron chi connectivity index (χ2n) is 5.16. The van der Waals surface area contributed by atoms with Gasteiger partial charge in [-0.1, -0.05) is 13.3 Å². The van der Waals surface area contributed by atoms with Gasteiger partial charge in [0.05, 0.1) is 6.10 Å². The molecule has 2 N–H and O–H groups in total. The summed E-state index contributed by atoms with van der Waals surface area (Å²) in [4.78, 5) is 2.47. The van der Waals surface area contributed by atoms with Gasteiger partial charge in [0.1, 0.15) is 0 Å². The third-order valence-corrected chi connectivity index (χ3v) is 4.15. The Labute approximate surface area is 100 Å². The maximum Gasteiger partial charge on any atom is 0.0589 e. The molecule has 2 unspecified atom stereocenters. The van der Waals surface area contributed by atoms with Crippen molar-refractivity contribution >= 4 is 0 Å². The molecule has 3 heteroatoms. The number of nitrogens with zero attached hydrogens (tertiary/aromatic N) is 1. The van der Waals surface area contributed by atoms with Crippen molar-refractivity contribution in [3.63, 3.8) is 0 Å². The highest BCUT2D eigenvalue weighted by Gasteiger charge is 2.38. The maximum atomic E-state index is 6.03. The van der Waals surface area contributed by atoms with E-state index in [9.17, 15) is 0 Å². The Morgan fingerprint density at radius 1 is 1.50 bits per heavy atom. The zero-order chi connectivity index (χ0) is 12.0. The first-order valence-corrected chi connectivity index (χ1v) is 6.62. The lowest BCUT2D eigenvalue weighted by atomic mass is 9.78. The van der Waals surface area contributed by atoms with E-state index in [4.69, 9.17) is 10.5 Å². The Morgan fingerprint density at radius 3 is 2.81 bits per heavy atom. The number of nitrogens with two attached hydrogens (primary N) is 1. The highest BCUT2D eigenvalue weighted by molar-refractivity contribution is 4.96. The third-order valence-electron chi connectivity index (χ3n) is 4.15. The lowest BCUT2D eigenvalue weighted by Gasteiger charge is -2.46. The molecule has 3 nitrogen and oxygen atoms in total. The molecule has 0 aromatic heterocycles. The fourth-order valence-corrected chi connectivity index (χ4v) is 2.81. The molecule has 0 heterocycles. The molecule has 16 heavy (non-hydrogen) atoms. The van der Waals surface area contributed by atoms with Gasteiger partial charge < -0.3 is 10.5 Å². The van der Waals surface area contributed by atoms with Crippen molar-refractivity contribution in [1.82, 2.24) is 4.90 Å². The zero-order valence-electron chi connectivity index (χ0n) is 11.2. The van der Waals surface area contributed by atoms with Crippen molar-refractivity contribution in [2.75, 3.05) is 27.2 Å². The molecule has 0 radical (unpaired) electrons. The van der Waals surface area contributed by atoms with Gasteiger partial charge in [0.2, 0.25) is 0 Å². The van der Waals surface area contributed by atoms with Crippen molar-refractivity contribution in [2.24, 2.45) is 5.73 Å². The summed E-state index contributed by atoms with van der Waals surface area (Å²) in [6, 6.07) is 0. The van der Waals surface area contributed by atoms with Crippen LogP contribution in [0, 0.1) is 0 Å². The predicted octanol–water partition coefficient (Wildman–Crippen LogP) is 2.00. The van der Waals surface area contributed by atoms with E-state index >= 15 is 0 Å². The van der Waals surface area contributed by atoms with E-state index in [1.54, 1.807) is 0 Å². The SMILES string of the molecule is CCCCN(C)C1(CN)CCCC(OC)C1. The molecule has 1 saturated carbocycles. The normalized spacial score (nSPS) is 30.9. The van der Waals surface area contributed by atoms with Crippen LogP contribution in [0.15, 0.2) is 0 Å². The summed E-state index contributed by atoms with van der Waals surface area (Å²) in [5.74, 6) is 0. The van der Waals surface area contributed by atoms with Gasteiger partial charge in [0.25, 0.3) is 0 Å². The van der Waals surface area contributed by atoms with Crippen LogP contribution in [0.5, 0.6) is 0 Å². The predicted molar refractivity (Wildman–Crippen MR) is 68.6 cm³/mol. The molecule has 1 rings (SSSR count). The van der Waals surface area contributed by atoms with Crippen LogP contribution in [0.1, 0.15) is 45.4 Å². The third kappa shape index (κ3) is 3.19. The van der Waals surface area contributed by atoms with E-state index in [1.165, 1.54) is 32.1 Å². The molecule has 0 aliphatic heterocycles. The summed E-state index contributed by atoms with van der Waals surface area (Å²) in [7, 11) is 4.05. The Morgan fingerprint density at radius 2 is 2.25 bits per heavy atom. The van der Waals surface area contributed by atoms with E-state index in [0.717, 1.165) is 19.5 Å². The van der Waals surface area contributed by atoms with Gasteiger partial charge in [-0.3, -0.25) is 4.90 Å². The molecule has 2 atom stereocenters. The number of methoxy groups -OCH3 is 1. The quantitative estimate of drug-likeness (QED) is 0.756. The molecule has 1 aliphatic carbocycles. The zero-order valence-corrected chi connectivity index (χ0v) is 11.2. The van der Waals surface area contributed by atoms with E-state index in [2.05, 4.69) is 18.9 Å². The molecular weight excluding hydrogens is 200 g/mol. The lowest BCUT2D eigenvalue weighted by molar-refractivity contribution is -0.0122. The molecular formula is C13H28N2O. The summed E-state index contributed by atoms with van der Waals surface area (Å²) in [6.45, 7) is 4.15. The molecule has 0 spiro atoms. The van der Waals surface area contributed by atoms with Crippen molar-refractivity contribution in [1.29, 1.82) is 0 Å². The van der Waals surface area contributed by atoms with Crippen LogP contribution in [0.2, 0.25) is 0 Å². The molecule has 0 aromatic rings. The fourth-order valence-electron chi connectivity index (χ4n) is 2.81. The summed E-state index contributed by atoms with van der Waals surface area (Å²) in [5.41, 5.74) is 6.22. The minimum absolute atomic E-state index is 0.189. The Hall–Kier alpha value is -0.120. The summed E-state index contributed by atoms with van der Waals surface area (Å²) in [5, 5.41) is 0. The van der Waals surface area contributed by atoms with Gasteiger partial charge in [-0.15, -0.1) is 0 Å². The lowest BCUT2D eigenvalue weighted by Crippen LogP contribution is -2.56. The van der Waals surface area contributed by atoms with Crippen molar-refractivity contribution in [3.05, 3.63) is 0 Å². The maximum absolute atomic E-state index is 6.03. The molecule has 0 saturated heterocycles. The van der Waals surface area contributed by atoms with E-state index < -0.39 is 0 Å². The smallest absolute Gasteiger partial charge is 0.0589 e. The van der Waals surface area contributed by atoms with Crippen LogP contribution < -0.4 is 5.73 Å². The standard InChI is InChI=1S/C13H28N2O/c1-4-5-9-15(2)13(11-14)8-6-7-12(10-13)16-3/h12H,4-11,14H2,1-3H3. The molecule has 1 aliphatic rings. The topological polar surface area (TPSA) is 38.5 Å². The largest absolute Gasteiger partial charge is 0.381 e. The van der Waals surface area contributed by atoms with Gasteiger partial charge in [-0.2, -0.15) is 0 Å². The van der Waals surface area contributed by atoms with Crippen LogP contribution >= 0.6 is 0 Å². The fraction of sp³-hybridized carbons (Fsp3) is 1.00. The van der Waals surface area contributed by atoms with Gasteiger partial charge in [-0.05, 0) is 45.7 Å². The molecule has 1 fully saturated rings. The van der Waals surface area contributed by atoms with E-state index in [-0.39, 0.29) is 5.54 Å². The van der Waals surface area contributed by atoms with Gasteiger partial charge in [-0.25, -0.2) is 0 Å². The highest BCUT2D eigenvalue weighted by atomic mass is 16.5. The van der Waals surface area contributed by atoms with Crippen LogP contribution in [-0.2, 0) is 4.74 Å². The second-order valence-corrected chi connectivity index (χ2v) is 5.16. The summed E-state index contributed by atoms with van der Waals surface area (Å²) < 4.78 is 5.52. The summed E-state index contributed by atoms with van der Waals surface area (Å²) in [6.07, 6.45) is 7.67. The van der Waals surface area contributed by atoms with E-state index in [0.29, 0.717) is 6.10 Å². The van der Waals surface area contributed by atoms with Gasteiger partial charge >= 0.3 is 0 Å². The molecule has 0 amide bonds. The minimum atomic E-state index is 0.189. The number of ether oxygens (including phenoxy) is 1. The number of likely N-dealkylation sites (N-methyl/N-ethyl adjacent to an activating group) is 1. The average molecular weight is 228 g/mol. The van der Waals surface area contributed by atoms with Crippen molar-refractivity contribution < 1.29 is 4.74 Å². The monoisotopic (exact) mass is 228 g/mol. The van der Waals surface area contributed by atoms with Crippen molar-refractivity contribution in [2.45, 2.75) is 57.1 Å². The first-order chi connectivity index (χ1) is 7.68. The Balaban J connectivity index is 2.60. The highest BCUT2D eigenvalue weighted by Crippen LogP contribution is 2.33. The molecule has 96 valence electrons. The molecule has 0 bridgehead atoms. The van der Waals surface area contributed by atoms with Gasteiger partial charge in [0, 0.05) is 19.2 Å². The summed E-state index contributed by atoms with van der Waals surface area (Å²) >= 11 is 0. The van der Waals surface area contributed by atoms with Gasteiger partial charge in [0.15, 0.2) is 0 Å². The first kappa shape index (κ1) is 13.9. The first-order valence-electron chi connectivity index (χ1n) is 6.62. The van der Waals surface area contributed by atoms with Crippen LogP contribution in [0.3, 0.4) is 0 Å². The molecule has 0 aromatic carbocycles. The van der Waals surface area contributed by atoms with E-state index in [1.807, 2.05) is 7.11 Å². The Bertz CT molecular complexity index is 198. The number of unbranched alkanes of at least 4 members (excludes halogenated alkanes) is 1. The minimum Gasteiger partial charge on any atom is -0.381 e. The number of hydrogen-bond donors (Lipinski definition) is 1. The average Bonchev–Trinajstić information content (AvgIpc) is 2.35. The number of hydrogen-bond acceptors (Lipinski definition) is 3. The van der Waals surface area contributed by atoms with Crippen molar-refractivity contribution in [3.8, 4) is 0 Å².